The molecule has 1 amide bonds. The van der Waals surface area contributed by atoms with Crippen molar-refractivity contribution in [3.8, 4) is 11.1 Å². The van der Waals surface area contributed by atoms with Crippen LogP contribution in [0.4, 0.5) is 0 Å². The van der Waals surface area contributed by atoms with Crippen LogP contribution in [0.25, 0.3) is 11.1 Å². The van der Waals surface area contributed by atoms with Crippen LogP contribution in [0.2, 0.25) is 0 Å². The molecule has 0 unspecified atom stereocenters. The predicted molar refractivity (Wildman–Crippen MR) is 105 cm³/mol. The van der Waals surface area contributed by atoms with Gasteiger partial charge in [0, 0.05) is 0 Å². The van der Waals surface area contributed by atoms with Gasteiger partial charge in [0.25, 0.3) is 0 Å². The van der Waals surface area contributed by atoms with Gasteiger partial charge >= 0.3 is 0 Å². The van der Waals surface area contributed by atoms with Gasteiger partial charge in [-0.15, -0.1) is 5.10 Å². The second kappa shape index (κ2) is 7.92. The van der Waals surface area contributed by atoms with E-state index in [2.05, 4.69) is 57.2 Å². The Labute approximate surface area is 162 Å². The van der Waals surface area contributed by atoms with Crippen LogP contribution < -0.4 is 5.32 Å². The van der Waals surface area contributed by atoms with E-state index in [0.717, 1.165) is 18.4 Å². The maximum Gasteiger partial charge on any atom is 0.230 e. The minimum Gasteiger partial charge on any atom is -0.349 e. The topological polar surface area (TPSA) is 72.7 Å². The smallest absolute Gasteiger partial charge is 0.230 e. The third kappa shape index (κ3) is 4.36. The minimum atomic E-state index is -0.0534. The molecule has 0 bridgehead atoms. The Morgan fingerprint density at radius 2 is 1.85 bits per heavy atom. The number of nitrogens with zero attached hydrogens (tertiary/aromatic N) is 4. The fourth-order valence-electron chi connectivity index (χ4n) is 2.92. The van der Waals surface area contributed by atoms with Gasteiger partial charge in [-0.2, -0.15) is 0 Å². The summed E-state index contributed by atoms with van der Waals surface area (Å²) in [5.74, 6) is 0.282. The van der Waals surface area contributed by atoms with Crippen LogP contribution in [-0.2, 0) is 4.79 Å². The highest BCUT2D eigenvalue weighted by molar-refractivity contribution is 7.99. The van der Waals surface area contributed by atoms with Crippen molar-refractivity contribution >= 4 is 17.7 Å². The molecule has 0 aliphatic heterocycles. The van der Waals surface area contributed by atoms with Gasteiger partial charge in [0.05, 0.1) is 17.8 Å². The average Bonchev–Trinajstić information content (AvgIpc) is 3.45. The van der Waals surface area contributed by atoms with Crippen molar-refractivity contribution in [2.75, 3.05) is 5.75 Å². The summed E-state index contributed by atoms with van der Waals surface area (Å²) in [5.41, 5.74) is 3.43. The Bertz CT molecular complexity index is 906. The maximum absolute atomic E-state index is 12.3. The number of benzene rings is 2. The van der Waals surface area contributed by atoms with Crippen LogP contribution in [0.15, 0.2) is 59.8 Å². The van der Waals surface area contributed by atoms with Crippen molar-refractivity contribution in [3.63, 3.8) is 0 Å². The van der Waals surface area contributed by atoms with E-state index in [0.29, 0.717) is 17.0 Å². The molecule has 1 N–H and O–H groups in total. The number of amides is 1. The molecule has 138 valence electrons. The number of hydrogen-bond acceptors (Lipinski definition) is 5. The predicted octanol–water partition coefficient (Wildman–Crippen LogP) is 3.64. The standard InChI is InChI=1S/C20H21N5OS/c1-14(15-7-9-17(10-8-15)16-5-3-2-4-6-16)21-19(26)13-27-20-22-23-24-25(20)18-11-12-18/h2-10,14,18H,11-13H2,1H3,(H,21,26)/t14-/m0/s1. The fourth-order valence-corrected chi connectivity index (χ4v) is 3.68. The maximum atomic E-state index is 12.3. The molecule has 0 radical (unpaired) electrons. The van der Waals surface area contributed by atoms with Crippen molar-refractivity contribution < 1.29 is 4.79 Å². The van der Waals surface area contributed by atoms with E-state index < -0.39 is 0 Å². The van der Waals surface area contributed by atoms with Gasteiger partial charge in [0.1, 0.15) is 0 Å². The first-order valence-corrected chi connectivity index (χ1v) is 10.0. The molecule has 3 aromatic rings. The Morgan fingerprint density at radius 1 is 1.15 bits per heavy atom. The number of carbonyl (C=O) groups is 1. The van der Waals surface area contributed by atoms with Crippen LogP contribution in [0.5, 0.6) is 0 Å². The Hall–Kier alpha value is -2.67. The zero-order chi connectivity index (χ0) is 18.6. The van der Waals surface area contributed by atoms with Gasteiger partial charge in [0.2, 0.25) is 11.1 Å². The van der Waals surface area contributed by atoms with Gasteiger partial charge in [-0.1, -0.05) is 66.4 Å². The van der Waals surface area contributed by atoms with Gasteiger partial charge in [-0.05, 0) is 46.9 Å². The molecule has 1 saturated carbocycles. The average molecular weight is 379 g/mol. The van der Waals surface area contributed by atoms with E-state index >= 15 is 0 Å². The van der Waals surface area contributed by atoms with Crippen molar-refractivity contribution in [3.05, 3.63) is 60.2 Å². The lowest BCUT2D eigenvalue weighted by atomic mass is 10.0. The minimum absolute atomic E-state index is 0.0232. The van der Waals surface area contributed by atoms with Gasteiger partial charge in [0.15, 0.2) is 0 Å². The molecule has 1 heterocycles. The normalized spacial score (nSPS) is 14.7. The number of rotatable bonds is 7. The molecule has 1 aliphatic rings. The van der Waals surface area contributed by atoms with E-state index in [4.69, 9.17) is 0 Å². The second-order valence-corrected chi connectivity index (χ2v) is 7.65. The molecule has 1 fully saturated rings. The molecule has 2 aromatic carbocycles. The zero-order valence-corrected chi connectivity index (χ0v) is 15.9. The molecule has 4 rings (SSSR count). The summed E-state index contributed by atoms with van der Waals surface area (Å²) in [6.45, 7) is 1.99. The van der Waals surface area contributed by atoms with Crippen LogP contribution in [-0.4, -0.2) is 31.9 Å². The molecule has 1 aromatic heterocycles. The Balaban J connectivity index is 1.32. The fraction of sp³-hybridized carbons (Fsp3) is 0.300. The molecule has 0 spiro atoms. The highest BCUT2D eigenvalue weighted by Crippen LogP contribution is 2.36. The summed E-state index contributed by atoms with van der Waals surface area (Å²) in [6, 6.07) is 18.9. The number of tetrazole rings is 1. The molecule has 6 nitrogen and oxygen atoms in total. The number of carbonyl (C=O) groups excluding carboxylic acids is 1. The summed E-state index contributed by atoms with van der Waals surface area (Å²) < 4.78 is 1.82. The summed E-state index contributed by atoms with van der Waals surface area (Å²) in [5, 5.41) is 15.5. The van der Waals surface area contributed by atoms with E-state index in [1.807, 2.05) is 29.8 Å². The molecule has 1 aliphatic carbocycles. The molecular weight excluding hydrogens is 358 g/mol. The second-order valence-electron chi connectivity index (χ2n) is 6.70. The number of hydrogen-bond donors (Lipinski definition) is 1. The Morgan fingerprint density at radius 3 is 2.56 bits per heavy atom. The molecular formula is C20H21N5OS. The summed E-state index contributed by atoms with van der Waals surface area (Å²) >= 11 is 1.38. The lowest BCUT2D eigenvalue weighted by Gasteiger charge is -2.15. The van der Waals surface area contributed by atoms with Crippen LogP contribution in [0, 0.1) is 0 Å². The van der Waals surface area contributed by atoms with Crippen molar-refractivity contribution in [2.24, 2.45) is 0 Å². The van der Waals surface area contributed by atoms with Crippen molar-refractivity contribution in [1.82, 2.24) is 25.5 Å². The highest BCUT2D eigenvalue weighted by Gasteiger charge is 2.28. The monoisotopic (exact) mass is 379 g/mol. The van der Waals surface area contributed by atoms with E-state index in [1.165, 1.54) is 22.9 Å². The molecule has 27 heavy (non-hydrogen) atoms. The summed E-state index contributed by atoms with van der Waals surface area (Å²) in [6.07, 6.45) is 2.22. The van der Waals surface area contributed by atoms with Crippen molar-refractivity contribution in [2.45, 2.75) is 37.0 Å². The number of nitrogens with one attached hydrogen (secondary N) is 1. The number of thioether (sulfide) groups is 1. The van der Waals surface area contributed by atoms with Gasteiger partial charge < -0.3 is 5.32 Å². The molecule has 7 heteroatoms. The lowest BCUT2D eigenvalue weighted by Crippen LogP contribution is -2.28. The van der Waals surface area contributed by atoms with E-state index in [1.54, 1.807) is 0 Å². The van der Waals surface area contributed by atoms with Gasteiger partial charge in [-0.25, -0.2) is 4.68 Å². The first-order chi connectivity index (χ1) is 13.2. The lowest BCUT2D eigenvalue weighted by molar-refractivity contribution is -0.119. The van der Waals surface area contributed by atoms with Crippen LogP contribution in [0.1, 0.15) is 37.4 Å². The van der Waals surface area contributed by atoms with E-state index in [9.17, 15) is 4.79 Å². The largest absolute Gasteiger partial charge is 0.349 e. The van der Waals surface area contributed by atoms with Crippen LogP contribution in [0.3, 0.4) is 0 Å². The van der Waals surface area contributed by atoms with Gasteiger partial charge in [-0.3, -0.25) is 4.79 Å². The van der Waals surface area contributed by atoms with Crippen LogP contribution >= 0.6 is 11.8 Å². The summed E-state index contributed by atoms with van der Waals surface area (Å²) in [7, 11) is 0. The third-order valence-corrected chi connectivity index (χ3v) is 5.52. The Kier molecular flexibility index (Phi) is 5.20. The van der Waals surface area contributed by atoms with Crippen molar-refractivity contribution in [1.29, 1.82) is 0 Å². The first-order valence-electron chi connectivity index (χ1n) is 9.06. The molecule has 0 saturated heterocycles. The summed E-state index contributed by atoms with van der Waals surface area (Å²) in [4.78, 5) is 12.3. The number of aromatic nitrogens is 4. The quantitative estimate of drug-likeness (QED) is 0.635. The third-order valence-electron chi connectivity index (χ3n) is 4.58. The zero-order valence-electron chi connectivity index (χ0n) is 15.1. The highest BCUT2D eigenvalue weighted by atomic mass is 32.2. The molecule has 1 atom stereocenters. The first kappa shape index (κ1) is 17.7. The van der Waals surface area contributed by atoms with E-state index in [-0.39, 0.29) is 11.9 Å². The SMILES string of the molecule is C[C@H](NC(=O)CSc1nnnn1C1CC1)c1ccc(-c2ccccc2)cc1.